The Morgan fingerprint density at radius 1 is 1.11 bits per heavy atom. The molecule has 0 bridgehead atoms. The molecule has 2 N–H and O–H groups in total. The number of nitrogens with zero attached hydrogens (tertiary/aromatic N) is 2. The van der Waals surface area contributed by atoms with Crippen LogP contribution in [0.3, 0.4) is 0 Å². The predicted octanol–water partition coefficient (Wildman–Crippen LogP) is 2.38. The maximum absolute atomic E-state index is 9.75. The molecule has 104 valence electrons. The Hall–Kier alpha value is -1.16. The Morgan fingerprint density at radius 3 is 2.58 bits per heavy atom. The van der Waals surface area contributed by atoms with Crippen LogP contribution in [0, 0.1) is 6.92 Å². The molecule has 0 aliphatic heterocycles. The maximum Gasteiger partial charge on any atom is 0.133 e. The van der Waals surface area contributed by atoms with E-state index in [-0.39, 0.29) is 12.1 Å². The monoisotopic (exact) mass is 261 g/mol. The van der Waals surface area contributed by atoms with Crippen molar-refractivity contribution < 1.29 is 5.11 Å². The van der Waals surface area contributed by atoms with E-state index in [9.17, 15) is 5.11 Å². The van der Waals surface area contributed by atoms with Gasteiger partial charge in [0.2, 0.25) is 0 Å². The van der Waals surface area contributed by atoms with Gasteiger partial charge in [-0.15, -0.1) is 0 Å². The SMILES string of the molecule is Cc1nc2c(c(NC3(CO)CCCC3)n1)CCCC2. The summed E-state index contributed by atoms with van der Waals surface area (Å²) in [6.45, 7) is 2.16. The van der Waals surface area contributed by atoms with E-state index < -0.39 is 0 Å². The van der Waals surface area contributed by atoms with E-state index in [4.69, 9.17) is 0 Å². The van der Waals surface area contributed by atoms with Crippen molar-refractivity contribution in [3.63, 3.8) is 0 Å². The standard InChI is InChI=1S/C15H23N3O/c1-11-16-13-7-3-2-6-12(13)14(17-11)18-15(10-19)8-4-5-9-15/h19H,2-10H2,1H3,(H,16,17,18). The van der Waals surface area contributed by atoms with Crippen LogP contribution >= 0.6 is 0 Å². The number of hydrogen-bond acceptors (Lipinski definition) is 4. The van der Waals surface area contributed by atoms with E-state index in [1.807, 2.05) is 6.92 Å². The highest BCUT2D eigenvalue weighted by Gasteiger charge is 2.34. The second kappa shape index (κ2) is 5.08. The van der Waals surface area contributed by atoms with Gasteiger partial charge in [0.1, 0.15) is 11.6 Å². The number of anilines is 1. The zero-order valence-corrected chi connectivity index (χ0v) is 11.7. The van der Waals surface area contributed by atoms with Crippen molar-refractivity contribution in [1.82, 2.24) is 9.97 Å². The van der Waals surface area contributed by atoms with Gasteiger partial charge in [0.15, 0.2) is 0 Å². The number of aryl methyl sites for hydroxylation is 2. The summed E-state index contributed by atoms with van der Waals surface area (Å²) >= 11 is 0. The van der Waals surface area contributed by atoms with Crippen LogP contribution < -0.4 is 5.32 Å². The zero-order chi connectivity index (χ0) is 13.3. The van der Waals surface area contributed by atoms with Crippen LogP contribution in [-0.2, 0) is 12.8 Å². The largest absolute Gasteiger partial charge is 0.394 e. The van der Waals surface area contributed by atoms with Gasteiger partial charge in [-0.1, -0.05) is 12.8 Å². The minimum Gasteiger partial charge on any atom is -0.394 e. The number of rotatable bonds is 3. The number of aliphatic hydroxyl groups is 1. The molecule has 3 rings (SSSR count). The Labute approximate surface area is 114 Å². The average Bonchev–Trinajstić information content (AvgIpc) is 2.88. The van der Waals surface area contributed by atoms with Crippen LogP contribution in [0.2, 0.25) is 0 Å². The number of fused-ring (bicyclic) bond motifs is 1. The molecule has 1 heterocycles. The first-order chi connectivity index (χ1) is 9.22. The minimum atomic E-state index is -0.147. The lowest BCUT2D eigenvalue weighted by Gasteiger charge is -2.31. The summed E-state index contributed by atoms with van der Waals surface area (Å²) in [5.74, 6) is 1.83. The molecule has 0 radical (unpaired) electrons. The zero-order valence-electron chi connectivity index (χ0n) is 11.7. The molecule has 1 saturated carbocycles. The van der Waals surface area contributed by atoms with Crippen molar-refractivity contribution in [1.29, 1.82) is 0 Å². The summed E-state index contributed by atoms with van der Waals surface area (Å²) in [6, 6.07) is 0. The van der Waals surface area contributed by atoms with E-state index in [2.05, 4.69) is 15.3 Å². The van der Waals surface area contributed by atoms with Crippen molar-refractivity contribution in [2.45, 2.75) is 63.8 Å². The van der Waals surface area contributed by atoms with Crippen molar-refractivity contribution in [3.8, 4) is 0 Å². The quantitative estimate of drug-likeness (QED) is 0.877. The Bertz CT molecular complexity index is 467. The predicted molar refractivity (Wildman–Crippen MR) is 75.3 cm³/mol. The third kappa shape index (κ3) is 2.46. The van der Waals surface area contributed by atoms with E-state index in [1.54, 1.807) is 0 Å². The second-order valence-corrected chi connectivity index (χ2v) is 6.02. The molecule has 0 saturated heterocycles. The van der Waals surface area contributed by atoms with Crippen LogP contribution in [0.1, 0.15) is 55.6 Å². The van der Waals surface area contributed by atoms with Gasteiger partial charge >= 0.3 is 0 Å². The topological polar surface area (TPSA) is 58.0 Å². The van der Waals surface area contributed by atoms with Crippen LogP contribution in [0.5, 0.6) is 0 Å². The summed E-state index contributed by atoms with van der Waals surface area (Å²) in [7, 11) is 0. The van der Waals surface area contributed by atoms with Gasteiger partial charge in [-0.3, -0.25) is 0 Å². The molecular formula is C15H23N3O. The molecule has 0 unspecified atom stereocenters. The molecule has 0 amide bonds. The number of nitrogens with one attached hydrogen (secondary N) is 1. The molecule has 2 aliphatic carbocycles. The third-order valence-electron chi connectivity index (χ3n) is 4.54. The molecule has 0 spiro atoms. The molecule has 1 fully saturated rings. The van der Waals surface area contributed by atoms with Crippen molar-refractivity contribution in [2.24, 2.45) is 0 Å². The van der Waals surface area contributed by atoms with E-state index in [0.29, 0.717) is 0 Å². The fourth-order valence-corrected chi connectivity index (χ4v) is 3.45. The third-order valence-corrected chi connectivity index (χ3v) is 4.54. The van der Waals surface area contributed by atoms with Gasteiger partial charge in [-0.25, -0.2) is 9.97 Å². The summed E-state index contributed by atoms with van der Waals surface area (Å²) < 4.78 is 0. The maximum atomic E-state index is 9.75. The molecule has 0 aromatic carbocycles. The van der Waals surface area contributed by atoms with E-state index in [0.717, 1.165) is 37.3 Å². The van der Waals surface area contributed by atoms with E-state index >= 15 is 0 Å². The fourth-order valence-electron chi connectivity index (χ4n) is 3.45. The average molecular weight is 261 g/mol. The van der Waals surface area contributed by atoms with Crippen LogP contribution in [0.15, 0.2) is 0 Å². The molecule has 4 heteroatoms. The first-order valence-corrected chi connectivity index (χ1v) is 7.48. The van der Waals surface area contributed by atoms with Crippen molar-refractivity contribution in [2.75, 3.05) is 11.9 Å². The summed E-state index contributed by atoms with van der Waals surface area (Å²) in [6.07, 6.45) is 9.06. The summed E-state index contributed by atoms with van der Waals surface area (Å²) in [5, 5.41) is 13.3. The molecular weight excluding hydrogens is 238 g/mol. The van der Waals surface area contributed by atoms with Gasteiger partial charge in [0, 0.05) is 11.3 Å². The Morgan fingerprint density at radius 2 is 1.84 bits per heavy atom. The summed E-state index contributed by atoms with van der Waals surface area (Å²) in [5.41, 5.74) is 2.36. The van der Waals surface area contributed by atoms with Gasteiger partial charge < -0.3 is 10.4 Å². The number of aromatic nitrogens is 2. The number of hydrogen-bond donors (Lipinski definition) is 2. The molecule has 0 atom stereocenters. The van der Waals surface area contributed by atoms with Gasteiger partial charge in [-0.05, 0) is 45.4 Å². The first kappa shape index (κ1) is 12.9. The normalized spacial score (nSPS) is 21.2. The lowest BCUT2D eigenvalue weighted by atomic mass is 9.94. The van der Waals surface area contributed by atoms with Gasteiger partial charge in [0.25, 0.3) is 0 Å². The fraction of sp³-hybridized carbons (Fsp3) is 0.733. The van der Waals surface area contributed by atoms with Gasteiger partial charge in [-0.2, -0.15) is 0 Å². The second-order valence-electron chi connectivity index (χ2n) is 6.02. The Kier molecular flexibility index (Phi) is 3.44. The van der Waals surface area contributed by atoms with Crippen LogP contribution in [0.4, 0.5) is 5.82 Å². The molecule has 2 aliphatic rings. The lowest BCUT2D eigenvalue weighted by molar-refractivity contribution is 0.213. The summed E-state index contributed by atoms with van der Waals surface area (Å²) in [4.78, 5) is 9.19. The number of aliphatic hydroxyl groups excluding tert-OH is 1. The highest BCUT2D eigenvalue weighted by atomic mass is 16.3. The first-order valence-electron chi connectivity index (χ1n) is 7.48. The molecule has 19 heavy (non-hydrogen) atoms. The highest BCUT2D eigenvalue weighted by Crippen LogP contribution is 2.34. The van der Waals surface area contributed by atoms with Gasteiger partial charge in [0.05, 0.1) is 12.1 Å². The van der Waals surface area contributed by atoms with Crippen LogP contribution in [-0.4, -0.2) is 27.2 Å². The highest BCUT2D eigenvalue weighted by molar-refractivity contribution is 5.50. The smallest absolute Gasteiger partial charge is 0.133 e. The van der Waals surface area contributed by atoms with Crippen LogP contribution in [0.25, 0.3) is 0 Å². The Balaban J connectivity index is 1.93. The van der Waals surface area contributed by atoms with Crippen molar-refractivity contribution in [3.05, 3.63) is 17.1 Å². The molecule has 1 aromatic rings. The lowest BCUT2D eigenvalue weighted by Crippen LogP contribution is -2.40. The molecule has 1 aromatic heterocycles. The molecule has 4 nitrogen and oxygen atoms in total. The minimum absolute atomic E-state index is 0.147. The van der Waals surface area contributed by atoms with E-state index in [1.165, 1.54) is 36.9 Å². The van der Waals surface area contributed by atoms with Crippen molar-refractivity contribution >= 4 is 5.82 Å².